The first-order chi connectivity index (χ1) is 14.4. The number of nitrogens with one attached hydrogen (secondary N) is 1. The fourth-order valence-electron chi connectivity index (χ4n) is 3.10. The smallest absolute Gasteiger partial charge is 0.261 e. The highest BCUT2D eigenvalue weighted by Crippen LogP contribution is 2.17. The fourth-order valence-corrected chi connectivity index (χ4v) is 3.36. The highest BCUT2D eigenvalue weighted by atomic mass is 79.9. The van der Waals surface area contributed by atoms with Gasteiger partial charge in [0.25, 0.3) is 5.91 Å². The number of halogens is 1. The van der Waals surface area contributed by atoms with Gasteiger partial charge >= 0.3 is 0 Å². The monoisotopic (exact) mass is 474 g/mol. The normalized spacial score (nSPS) is 12.7. The topological polar surface area (TPSA) is 58.6 Å². The second kappa shape index (κ2) is 12.4. The zero-order chi connectivity index (χ0) is 21.9. The number of hydrogen-bond donors (Lipinski definition) is 1. The van der Waals surface area contributed by atoms with Gasteiger partial charge in [-0.05, 0) is 56.0 Å². The van der Waals surface area contributed by atoms with Crippen LogP contribution in [0.5, 0.6) is 5.75 Å². The minimum atomic E-state index is -0.524. The molecule has 2 aromatic carbocycles. The second-order valence-corrected chi connectivity index (χ2v) is 8.22. The lowest BCUT2D eigenvalue weighted by Gasteiger charge is -2.31. The molecule has 6 heteroatoms. The number of rotatable bonds is 11. The van der Waals surface area contributed by atoms with Gasteiger partial charge in [0.1, 0.15) is 11.8 Å². The largest absolute Gasteiger partial charge is 0.484 e. The minimum Gasteiger partial charge on any atom is -0.484 e. The molecule has 0 aliphatic heterocycles. The van der Waals surface area contributed by atoms with E-state index in [1.54, 1.807) is 17.0 Å². The molecular weight excluding hydrogens is 444 g/mol. The molecule has 0 spiro atoms. The molecule has 0 unspecified atom stereocenters. The number of carbonyl (C=O) groups is 2. The Labute approximate surface area is 187 Å². The third-order valence-corrected chi connectivity index (χ3v) is 5.58. The summed E-state index contributed by atoms with van der Waals surface area (Å²) in [5, 5.41) is 3.02. The van der Waals surface area contributed by atoms with Crippen molar-refractivity contribution >= 4 is 27.7 Å². The van der Waals surface area contributed by atoms with Gasteiger partial charge < -0.3 is 15.0 Å². The van der Waals surface area contributed by atoms with Crippen LogP contribution in [0.4, 0.5) is 0 Å². The van der Waals surface area contributed by atoms with Crippen LogP contribution >= 0.6 is 15.9 Å². The number of amides is 2. The van der Waals surface area contributed by atoms with E-state index < -0.39 is 6.04 Å². The van der Waals surface area contributed by atoms with Crippen molar-refractivity contribution in [2.75, 3.05) is 13.2 Å². The standard InChI is InChI=1S/C24H31BrN2O3/c1-4-18(3)26-24(29)22(5-2)27(16-15-19-9-7-6-8-10-19)23(28)17-30-21-13-11-20(25)12-14-21/h6-14,18,22H,4-5,15-17H2,1-3H3,(H,26,29)/t18-,22-/m0/s1. The van der Waals surface area contributed by atoms with E-state index in [0.29, 0.717) is 25.1 Å². The SMILES string of the molecule is CC[C@H](C)NC(=O)[C@H](CC)N(CCc1ccccc1)C(=O)COc1ccc(Br)cc1. The molecular formula is C24H31BrN2O3. The molecule has 0 aliphatic rings. The van der Waals surface area contributed by atoms with Gasteiger partial charge in [-0.25, -0.2) is 0 Å². The Bertz CT molecular complexity index is 796. The number of ether oxygens (including phenoxy) is 1. The molecule has 162 valence electrons. The van der Waals surface area contributed by atoms with E-state index in [0.717, 1.165) is 16.5 Å². The minimum absolute atomic E-state index is 0.0663. The van der Waals surface area contributed by atoms with Crippen molar-refractivity contribution in [3.8, 4) is 5.75 Å². The summed E-state index contributed by atoms with van der Waals surface area (Å²) in [6, 6.07) is 16.9. The zero-order valence-corrected chi connectivity index (χ0v) is 19.5. The third-order valence-electron chi connectivity index (χ3n) is 5.05. The first-order valence-electron chi connectivity index (χ1n) is 10.5. The van der Waals surface area contributed by atoms with Gasteiger partial charge in [-0.3, -0.25) is 9.59 Å². The molecule has 2 rings (SSSR count). The molecule has 2 aromatic rings. The molecule has 0 radical (unpaired) electrons. The molecule has 0 saturated carbocycles. The molecule has 0 bridgehead atoms. The summed E-state index contributed by atoms with van der Waals surface area (Å²) in [5.41, 5.74) is 1.13. The van der Waals surface area contributed by atoms with Crippen LogP contribution in [0.1, 0.15) is 39.2 Å². The summed E-state index contributed by atoms with van der Waals surface area (Å²) >= 11 is 3.39. The van der Waals surface area contributed by atoms with Crippen LogP contribution in [0.25, 0.3) is 0 Å². The van der Waals surface area contributed by atoms with Crippen LogP contribution < -0.4 is 10.1 Å². The summed E-state index contributed by atoms with van der Waals surface area (Å²) in [4.78, 5) is 27.6. The van der Waals surface area contributed by atoms with Crippen LogP contribution in [0.15, 0.2) is 59.1 Å². The van der Waals surface area contributed by atoms with E-state index in [9.17, 15) is 9.59 Å². The van der Waals surface area contributed by atoms with Gasteiger partial charge in [-0.15, -0.1) is 0 Å². The predicted molar refractivity (Wildman–Crippen MR) is 123 cm³/mol. The van der Waals surface area contributed by atoms with Crippen molar-refractivity contribution < 1.29 is 14.3 Å². The molecule has 2 atom stereocenters. The molecule has 0 aromatic heterocycles. The molecule has 0 saturated heterocycles. The molecule has 5 nitrogen and oxygen atoms in total. The summed E-state index contributed by atoms with van der Waals surface area (Å²) in [7, 11) is 0. The maximum Gasteiger partial charge on any atom is 0.261 e. The van der Waals surface area contributed by atoms with Crippen molar-refractivity contribution in [3.63, 3.8) is 0 Å². The number of nitrogens with zero attached hydrogens (tertiary/aromatic N) is 1. The van der Waals surface area contributed by atoms with Crippen molar-refractivity contribution in [3.05, 3.63) is 64.6 Å². The Morgan fingerprint density at radius 1 is 1.03 bits per heavy atom. The van der Waals surface area contributed by atoms with E-state index in [1.807, 2.05) is 63.2 Å². The van der Waals surface area contributed by atoms with Gasteiger partial charge in [0.15, 0.2) is 6.61 Å². The maximum absolute atomic E-state index is 13.1. The number of hydrogen-bond acceptors (Lipinski definition) is 3. The summed E-state index contributed by atoms with van der Waals surface area (Å²) < 4.78 is 6.63. The predicted octanol–water partition coefficient (Wildman–Crippen LogP) is 4.59. The Hall–Kier alpha value is -2.34. The van der Waals surface area contributed by atoms with Crippen molar-refractivity contribution in [1.82, 2.24) is 10.2 Å². The third kappa shape index (κ3) is 7.48. The molecule has 30 heavy (non-hydrogen) atoms. The number of benzene rings is 2. The van der Waals surface area contributed by atoms with Crippen molar-refractivity contribution in [1.29, 1.82) is 0 Å². The fraction of sp³-hybridized carbons (Fsp3) is 0.417. The van der Waals surface area contributed by atoms with E-state index in [4.69, 9.17) is 4.74 Å². The summed E-state index contributed by atoms with van der Waals surface area (Å²) in [6.07, 6.45) is 2.06. The summed E-state index contributed by atoms with van der Waals surface area (Å²) in [6.45, 7) is 6.27. The van der Waals surface area contributed by atoms with E-state index >= 15 is 0 Å². The average Bonchev–Trinajstić information content (AvgIpc) is 2.76. The van der Waals surface area contributed by atoms with Gasteiger partial charge in [0.05, 0.1) is 0 Å². The summed E-state index contributed by atoms with van der Waals surface area (Å²) in [5.74, 6) is 0.309. The first kappa shape index (κ1) is 23.9. The molecule has 1 N–H and O–H groups in total. The van der Waals surface area contributed by atoms with Crippen LogP contribution in [-0.4, -0.2) is 41.9 Å². The lowest BCUT2D eigenvalue weighted by Crippen LogP contribution is -2.52. The molecule has 0 fully saturated rings. The van der Waals surface area contributed by atoms with Crippen LogP contribution in [0.3, 0.4) is 0 Å². The lowest BCUT2D eigenvalue weighted by molar-refractivity contribution is -0.142. The first-order valence-corrected chi connectivity index (χ1v) is 11.3. The zero-order valence-electron chi connectivity index (χ0n) is 17.9. The van der Waals surface area contributed by atoms with Gasteiger partial charge in [-0.1, -0.05) is 60.1 Å². The quantitative estimate of drug-likeness (QED) is 0.517. The highest BCUT2D eigenvalue weighted by Gasteiger charge is 2.29. The van der Waals surface area contributed by atoms with Crippen LogP contribution in [0.2, 0.25) is 0 Å². The van der Waals surface area contributed by atoms with Crippen LogP contribution in [-0.2, 0) is 16.0 Å². The molecule has 0 aliphatic carbocycles. The Kier molecular flexibility index (Phi) is 9.87. The maximum atomic E-state index is 13.1. The average molecular weight is 475 g/mol. The molecule has 0 heterocycles. The van der Waals surface area contributed by atoms with E-state index in [2.05, 4.69) is 21.2 Å². The highest BCUT2D eigenvalue weighted by molar-refractivity contribution is 9.10. The second-order valence-electron chi connectivity index (χ2n) is 7.31. The Morgan fingerprint density at radius 3 is 2.30 bits per heavy atom. The van der Waals surface area contributed by atoms with Crippen LogP contribution in [0, 0.1) is 0 Å². The van der Waals surface area contributed by atoms with Gasteiger partial charge in [0, 0.05) is 17.1 Å². The molecule has 2 amide bonds. The van der Waals surface area contributed by atoms with Gasteiger partial charge in [-0.2, -0.15) is 0 Å². The lowest BCUT2D eigenvalue weighted by atomic mass is 10.1. The van der Waals surface area contributed by atoms with Crippen molar-refractivity contribution in [2.45, 2.75) is 52.1 Å². The Morgan fingerprint density at radius 2 is 1.70 bits per heavy atom. The van der Waals surface area contributed by atoms with E-state index in [-0.39, 0.29) is 24.5 Å². The number of carbonyl (C=O) groups excluding carboxylic acids is 2. The van der Waals surface area contributed by atoms with Gasteiger partial charge in [0.2, 0.25) is 5.91 Å². The Balaban J connectivity index is 2.11. The van der Waals surface area contributed by atoms with E-state index in [1.165, 1.54) is 0 Å². The van der Waals surface area contributed by atoms with Crippen molar-refractivity contribution in [2.24, 2.45) is 0 Å².